The van der Waals surface area contributed by atoms with Crippen LogP contribution in [0.4, 0.5) is 0 Å². The van der Waals surface area contributed by atoms with Crippen molar-refractivity contribution >= 4 is 27.6 Å². The minimum absolute atomic E-state index is 0.0633. The maximum atomic E-state index is 12.7. The van der Waals surface area contributed by atoms with Crippen LogP contribution in [0.25, 0.3) is 0 Å². The van der Waals surface area contributed by atoms with Crippen LogP contribution in [-0.4, -0.2) is 81.6 Å². The fraction of sp³-hybridized carbons (Fsp3) is 0.810. The fourth-order valence-electron chi connectivity index (χ4n) is 5.83. The zero-order valence-corrected chi connectivity index (χ0v) is 37.3. The van der Waals surface area contributed by atoms with E-state index >= 15 is 0 Å². The van der Waals surface area contributed by atoms with Gasteiger partial charge in [-0.15, -0.1) is 0 Å². The number of carbonyl (C=O) groups excluding carboxylic acids is 2. The molecule has 16 heteroatoms. The minimum atomic E-state index is -4.87. The van der Waals surface area contributed by atoms with Crippen LogP contribution in [0.2, 0.25) is 0 Å². The van der Waals surface area contributed by atoms with Gasteiger partial charge in [-0.3, -0.25) is 23.2 Å². The van der Waals surface area contributed by atoms with Crippen molar-refractivity contribution in [1.82, 2.24) is 0 Å². The van der Waals surface area contributed by atoms with Crippen molar-refractivity contribution in [1.29, 1.82) is 0 Å². The zero-order chi connectivity index (χ0) is 43.2. The Morgan fingerprint density at radius 2 is 1.07 bits per heavy atom. The minimum Gasteiger partial charge on any atom is -0.462 e. The van der Waals surface area contributed by atoms with Crippen molar-refractivity contribution < 1.29 is 66.7 Å². The summed E-state index contributed by atoms with van der Waals surface area (Å²) in [6.45, 7) is 1.53. The molecule has 0 aliphatic rings. The molecule has 340 valence electrons. The lowest BCUT2D eigenvalue weighted by Gasteiger charge is -2.20. The third kappa shape index (κ3) is 41.1. The number of phosphoric acid groups is 2. The van der Waals surface area contributed by atoms with Crippen molar-refractivity contribution in [3.05, 3.63) is 36.5 Å². The first-order valence-corrected chi connectivity index (χ1v) is 24.8. The lowest BCUT2D eigenvalue weighted by atomic mass is 10.0. The van der Waals surface area contributed by atoms with Crippen LogP contribution in [0.15, 0.2) is 36.5 Å². The van der Waals surface area contributed by atoms with Gasteiger partial charge in [0.15, 0.2) is 6.10 Å². The van der Waals surface area contributed by atoms with Crippen molar-refractivity contribution in [3.8, 4) is 0 Å². The molecule has 58 heavy (non-hydrogen) atoms. The van der Waals surface area contributed by atoms with Gasteiger partial charge in [0.25, 0.3) is 0 Å². The second-order valence-corrected chi connectivity index (χ2v) is 17.5. The molecule has 0 saturated heterocycles. The smallest absolute Gasteiger partial charge is 0.462 e. The summed E-state index contributed by atoms with van der Waals surface area (Å²) < 4.78 is 47.7. The van der Waals surface area contributed by atoms with Crippen LogP contribution in [0.1, 0.15) is 174 Å². The highest BCUT2D eigenvalue weighted by molar-refractivity contribution is 7.47. The van der Waals surface area contributed by atoms with E-state index in [0.717, 1.165) is 57.8 Å². The van der Waals surface area contributed by atoms with E-state index in [1.165, 1.54) is 70.6 Å². The number of phosphoric ester groups is 2. The number of unbranched alkanes of at least 4 members (excludes halogenated alkanes) is 18. The third-order valence-electron chi connectivity index (χ3n) is 9.14. The Kier molecular flexibility index (Phi) is 37.1. The Labute approximate surface area is 349 Å². The number of rotatable bonds is 41. The van der Waals surface area contributed by atoms with Gasteiger partial charge in [0.05, 0.1) is 25.9 Å². The molecule has 0 aliphatic carbocycles. The summed E-state index contributed by atoms with van der Waals surface area (Å²) >= 11 is 0. The summed E-state index contributed by atoms with van der Waals surface area (Å²) in [5, 5.41) is 19.9. The Hall–Kier alpha value is -1.70. The molecule has 0 bridgehead atoms. The Morgan fingerprint density at radius 3 is 1.62 bits per heavy atom. The van der Waals surface area contributed by atoms with E-state index in [1.54, 1.807) is 6.08 Å². The average Bonchev–Trinajstić information content (AvgIpc) is 3.17. The molecule has 14 nitrogen and oxygen atoms in total. The van der Waals surface area contributed by atoms with Gasteiger partial charge >= 0.3 is 27.6 Å². The van der Waals surface area contributed by atoms with Gasteiger partial charge in [-0.1, -0.05) is 166 Å². The maximum absolute atomic E-state index is 12.7. The molecule has 0 amide bonds. The van der Waals surface area contributed by atoms with Gasteiger partial charge in [-0.2, -0.15) is 0 Å². The molecule has 0 radical (unpaired) electrons. The van der Waals surface area contributed by atoms with Crippen LogP contribution >= 0.6 is 15.6 Å². The predicted octanol–water partition coefficient (Wildman–Crippen LogP) is 9.87. The molecule has 4 atom stereocenters. The first-order valence-electron chi connectivity index (χ1n) is 21.8. The van der Waals surface area contributed by atoms with Crippen LogP contribution < -0.4 is 0 Å². The first kappa shape index (κ1) is 56.3. The van der Waals surface area contributed by atoms with E-state index in [9.17, 15) is 33.8 Å². The second-order valence-electron chi connectivity index (χ2n) is 14.8. The predicted molar refractivity (Wildman–Crippen MR) is 227 cm³/mol. The van der Waals surface area contributed by atoms with Crippen LogP contribution in [0, 0.1) is 0 Å². The van der Waals surface area contributed by atoms with Gasteiger partial charge < -0.3 is 34.4 Å². The molecule has 5 N–H and O–H groups in total. The molecule has 0 aromatic rings. The number of ether oxygens (including phenoxy) is 2. The molecule has 0 aliphatic heterocycles. The van der Waals surface area contributed by atoms with E-state index in [0.29, 0.717) is 19.3 Å². The standard InChI is InChI=1S/C42H78O14P2/c1-3-5-7-9-11-12-13-14-15-16-17-18-20-24-28-32-41(45)52-36-40(37-55-58(50,51)54-35-39(44)34-53-57(47,48)49)56-42(46)33-29-25-21-23-27-31-38(43)30-26-22-19-10-8-6-4-2/h6,8,19,22,26,30,38-40,43-44H,3-5,7,9-18,20-21,23-25,27-29,31-37H2,1-2H3,(H,50,51)(H2,47,48,49)/b8-6+,22-19+,30-26+/t38?,39-,40+/m0/s1. The van der Waals surface area contributed by atoms with Crippen molar-refractivity contribution in [2.45, 2.75) is 193 Å². The Morgan fingerprint density at radius 1 is 0.569 bits per heavy atom. The molecule has 0 aromatic carbocycles. The van der Waals surface area contributed by atoms with Crippen LogP contribution in [0.3, 0.4) is 0 Å². The highest BCUT2D eigenvalue weighted by Gasteiger charge is 2.28. The lowest BCUT2D eigenvalue weighted by Crippen LogP contribution is -2.30. The van der Waals surface area contributed by atoms with Gasteiger partial charge in [0.2, 0.25) is 0 Å². The second kappa shape index (κ2) is 38.2. The molecular formula is C42H78O14P2. The molecule has 0 saturated carbocycles. The molecule has 0 spiro atoms. The number of hydrogen-bond acceptors (Lipinski definition) is 11. The molecule has 0 fully saturated rings. The SMILES string of the molecule is CC/C=C/C/C=C/C=C/C(O)CCCCCCCC(=O)O[C@H](COC(=O)CCCCCCCCCCCCCCCCC)COP(=O)(O)OC[C@@H](O)COP(=O)(O)O. The quantitative estimate of drug-likeness (QED) is 0.0127. The lowest BCUT2D eigenvalue weighted by molar-refractivity contribution is -0.161. The van der Waals surface area contributed by atoms with E-state index in [2.05, 4.69) is 35.0 Å². The first-order chi connectivity index (χ1) is 27.8. The molecule has 0 aromatic heterocycles. The number of aliphatic hydroxyl groups excluding tert-OH is 2. The topological polar surface area (TPSA) is 216 Å². The number of esters is 2. The summed E-state index contributed by atoms with van der Waals surface area (Å²) in [5.41, 5.74) is 0. The van der Waals surface area contributed by atoms with E-state index in [4.69, 9.17) is 23.8 Å². The van der Waals surface area contributed by atoms with Crippen LogP contribution in [-0.2, 0) is 41.8 Å². The third-order valence-corrected chi connectivity index (χ3v) is 10.6. The number of hydrogen-bond donors (Lipinski definition) is 5. The molecule has 2 unspecified atom stereocenters. The summed E-state index contributed by atoms with van der Waals surface area (Å²) in [6, 6.07) is 0. The number of aliphatic hydroxyl groups is 2. The van der Waals surface area contributed by atoms with E-state index in [1.807, 2.05) is 18.2 Å². The highest BCUT2D eigenvalue weighted by atomic mass is 31.2. The van der Waals surface area contributed by atoms with Gasteiger partial charge in [-0.05, 0) is 32.1 Å². The summed E-state index contributed by atoms with van der Waals surface area (Å²) in [7, 11) is -9.70. The van der Waals surface area contributed by atoms with Crippen molar-refractivity contribution in [2.75, 3.05) is 26.4 Å². The van der Waals surface area contributed by atoms with E-state index < -0.39 is 72.3 Å². The van der Waals surface area contributed by atoms with Gasteiger partial charge in [-0.25, -0.2) is 9.13 Å². The van der Waals surface area contributed by atoms with Gasteiger partial charge in [0.1, 0.15) is 12.7 Å². The van der Waals surface area contributed by atoms with Gasteiger partial charge in [0, 0.05) is 12.8 Å². The summed E-state index contributed by atoms with van der Waals surface area (Å²) in [4.78, 5) is 52.7. The Balaban J connectivity index is 4.59. The van der Waals surface area contributed by atoms with Crippen molar-refractivity contribution in [2.24, 2.45) is 0 Å². The fourth-order valence-corrected chi connectivity index (χ4v) is 6.98. The van der Waals surface area contributed by atoms with E-state index in [-0.39, 0.29) is 12.8 Å². The monoisotopic (exact) mass is 868 g/mol. The zero-order valence-electron chi connectivity index (χ0n) is 35.5. The maximum Gasteiger partial charge on any atom is 0.472 e. The number of allylic oxidation sites excluding steroid dienone is 5. The summed E-state index contributed by atoms with van der Waals surface area (Å²) in [6.07, 6.45) is 33.0. The molecular weight excluding hydrogens is 790 g/mol. The highest BCUT2D eigenvalue weighted by Crippen LogP contribution is 2.43. The van der Waals surface area contributed by atoms with Crippen LogP contribution in [0.5, 0.6) is 0 Å². The van der Waals surface area contributed by atoms with Crippen molar-refractivity contribution in [3.63, 3.8) is 0 Å². The Bertz CT molecular complexity index is 1190. The largest absolute Gasteiger partial charge is 0.472 e. The normalized spacial score (nSPS) is 14.9. The molecule has 0 heterocycles. The average molecular weight is 869 g/mol. The summed E-state index contributed by atoms with van der Waals surface area (Å²) in [5.74, 6) is -1.10. The molecule has 0 rings (SSSR count). The number of carbonyl (C=O) groups is 2.